The number of anilines is 4. The summed E-state index contributed by atoms with van der Waals surface area (Å²) in [6.45, 7) is 17.8. The van der Waals surface area contributed by atoms with Crippen molar-refractivity contribution in [3.63, 3.8) is 0 Å². The van der Waals surface area contributed by atoms with Gasteiger partial charge in [0, 0.05) is 110 Å². The largest absolute Gasteiger partial charge is 0.462 e. The van der Waals surface area contributed by atoms with Crippen molar-refractivity contribution in [2.45, 2.75) is 115 Å². The van der Waals surface area contributed by atoms with Crippen LogP contribution in [0.25, 0.3) is 21.5 Å². The number of likely N-dealkylation sites (N-methyl/N-ethyl adjacent to an activating group) is 1. The van der Waals surface area contributed by atoms with Crippen LogP contribution in [-0.4, -0.2) is 166 Å². The SMILES string of the molecule is C=C(F)CC(=O)N1CCN(c2nc(OC[C@@H]3CCCN3C)nc3c2CCN(c2cccc4ccnc(Cl)c24)C3)C[C@@H]1CC#N.C=C(F)CC(=O)N1CCN(c2nc(OC[C@@H]3CCCN3Cc3ccccc3)nc3c2CCN(c2cccc4cccc(C)c24)C3)C[C@@H]1CC#N. The summed E-state index contributed by atoms with van der Waals surface area (Å²) in [6.07, 6.45) is 7.05. The molecule has 4 atom stereocenters. The molecule has 0 N–H and O–H groups in total. The molecule has 3 aromatic heterocycles. The second kappa shape index (κ2) is 29.5. The van der Waals surface area contributed by atoms with Gasteiger partial charge in [-0.05, 0) is 106 Å². The monoisotopic (exact) mass is 1290 g/mol. The van der Waals surface area contributed by atoms with Crippen molar-refractivity contribution >= 4 is 68.0 Å². The predicted octanol–water partition coefficient (Wildman–Crippen LogP) is 10.9. The lowest BCUT2D eigenvalue weighted by molar-refractivity contribution is -0.134. The third kappa shape index (κ3) is 14.7. The van der Waals surface area contributed by atoms with Crippen LogP contribution in [0.1, 0.15) is 85.0 Å². The smallest absolute Gasteiger partial charge is 0.318 e. The molecule has 19 nitrogen and oxygen atoms in total. The average Bonchev–Trinajstić information content (AvgIpc) is 0.932. The number of likely N-dealkylation sites (tertiary alicyclic amines) is 2. The lowest BCUT2D eigenvalue weighted by Gasteiger charge is -2.42. The van der Waals surface area contributed by atoms with Gasteiger partial charge in [-0.1, -0.05) is 97.6 Å². The van der Waals surface area contributed by atoms with Gasteiger partial charge in [-0.2, -0.15) is 30.5 Å². The number of halogens is 3. The van der Waals surface area contributed by atoms with Gasteiger partial charge in [0.05, 0.1) is 74.4 Å². The highest BCUT2D eigenvalue weighted by Crippen LogP contribution is 2.39. The molecule has 0 spiro atoms. The van der Waals surface area contributed by atoms with Crippen molar-refractivity contribution in [1.29, 1.82) is 10.5 Å². The molecule has 0 unspecified atom stereocenters. The Labute approximate surface area is 553 Å². The van der Waals surface area contributed by atoms with Crippen LogP contribution in [0.3, 0.4) is 0 Å². The van der Waals surface area contributed by atoms with E-state index < -0.39 is 17.7 Å². The molecule has 6 aliphatic rings. The fraction of sp³-hybridized carbons (Fsp3) is 0.431. The molecule has 0 saturated carbocycles. The van der Waals surface area contributed by atoms with Gasteiger partial charge in [0.15, 0.2) is 0 Å². The zero-order valence-corrected chi connectivity index (χ0v) is 54.4. The van der Waals surface area contributed by atoms with E-state index >= 15 is 0 Å². The average molecular weight is 1290 g/mol. The lowest BCUT2D eigenvalue weighted by Crippen LogP contribution is -2.55. The Morgan fingerprint density at radius 2 is 1.13 bits per heavy atom. The number of benzene rings is 4. The van der Waals surface area contributed by atoms with E-state index in [1.165, 1.54) is 27.6 Å². The van der Waals surface area contributed by atoms with Crippen molar-refractivity contribution < 1.29 is 27.8 Å². The first-order chi connectivity index (χ1) is 45.7. The number of fused-ring (bicyclic) bond motifs is 4. The van der Waals surface area contributed by atoms with E-state index in [9.17, 15) is 28.9 Å². The minimum absolute atomic E-state index is 0.134. The summed E-state index contributed by atoms with van der Waals surface area (Å²) in [6, 6.07) is 36.4. The maximum Gasteiger partial charge on any atom is 0.318 e. The maximum atomic E-state index is 13.6. The highest BCUT2D eigenvalue weighted by atomic mass is 35.5. The van der Waals surface area contributed by atoms with Gasteiger partial charge in [0.1, 0.15) is 41.7 Å². The molecule has 4 aromatic carbocycles. The molecule has 4 fully saturated rings. The molecule has 488 valence electrons. The number of nitriles is 2. The number of pyridine rings is 1. The molecule has 7 aromatic rings. The van der Waals surface area contributed by atoms with Gasteiger partial charge in [-0.25, -0.2) is 13.8 Å². The molecule has 4 saturated heterocycles. The number of hydrogen-bond acceptors (Lipinski definition) is 17. The quantitative estimate of drug-likeness (QED) is 0.0737. The van der Waals surface area contributed by atoms with E-state index in [1.54, 1.807) is 16.0 Å². The first kappa shape index (κ1) is 65.1. The molecule has 0 radical (unpaired) electrons. The maximum absolute atomic E-state index is 13.6. The number of hydrogen-bond donors (Lipinski definition) is 0. The van der Waals surface area contributed by atoms with E-state index in [4.69, 9.17) is 41.0 Å². The van der Waals surface area contributed by atoms with Gasteiger partial charge in [0.2, 0.25) is 11.8 Å². The number of aryl methyl sites for hydroxylation is 1. The molecular weight excluding hydrogens is 1210 g/mol. The van der Waals surface area contributed by atoms with Gasteiger partial charge in [0.25, 0.3) is 0 Å². The summed E-state index contributed by atoms with van der Waals surface area (Å²) >= 11 is 6.58. The van der Waals surface area contributed by atoms with Crippen molar-refractivity contribution in [2.24, 2.45) is 0 Å². The van der Waals surface area contributed by atoms with Gasteiger partial charge in [-0.15, -0.1) is 0 Å². The number of amides is 2. The Hall–Kier alpha value is -9.02. The molecule has 2 amide bonds. The number of rotatable bonds is 18. The Kier molecular flexibility index (Phi) is 20.4. The topological polar surface area (TPSA) is 191 Å². The Morgan fingerprint density at radius 1 is 0.606 bits per heavy atom. The summed E-state index contributed by atoms with van der Waals surface area (Å²) in [5, 5.41) is 24.1. The molecule has 94 heavy (non-hydrogen) atoms. The number of aromatic nitrogens is 5. The van der Waals surface area contributed by atoms with Crippen LogP contribution in [0.2, 0.25) is 5.15 Å². The summed E-state index contributed by atoms with van der Waals surface area (Å²) in [5.74, 6) is -0.478. The fourth-order valence-electron chi connectivity index (χ4n) is 14.5. The number of piperazine rings is 2. The Balaban J connectivity index is 0.000000182. The molecule has 6 aliphatic heterocycles. The third-order valence-corrected chi connectivity index (χ3v) is 19.6. The van der Waals surface area contributed by atoms with Crippen LogP contribution in [0.15, 0.2) is 122 Å². The van der Waals surface area contributed by atoms with Crippen molar-refractivity contribution in [3.8, 4) is 24.2 Å². The molecule has 13 rings (SSSR count). The number of nitrogens with zero attached hydrogens (tertiary/aromatic N) is 15. The van der Waals surface area contributed by atoms with Gasteiger partial charge < -0.3 is 43.8 Å². The molecule has 0 aliphatic carbocycles. The first-order valence-corrected chi connectivity index (χ1v) is 33.1. The standard InChI is InChI=1S/C40H44FN7O2.C32H36ClFN8O2/c1-28-9-6-12-31-13-7-15-36(38(28)31)46-20-17-34-35(26-46)43-40(50-27-33-14-8-19-45(33)24-30-10-4-3-5-11-30)44-39(34)47-21-22-48(32(25-47)16-18-42)37(49)23-29(2)41;1-21(34)17-28(43)42-16-15-41(18-23(42)8-11-35)31-25-10-14-40(27-7-3-5-22-9-12-36-30(33)29(22)27)19-26(25)37-32(38-31)44-20-24-6-4-13-39(24)2/h3-7,9-13,15,32-33H,2,8,14,16-17,19-27H2,1H3;3,5,7,9,12,23-24H,1,4,6,8,10,13-20H2,2H3/t32-,33-;23-,24-/m00/s1. The molecule has 0 bridgehead atoms. The zero-order chi connectivity index (χ0) is 65.4. The summed E-state index contributed by atoms with van der Waals surface area (Å²) in [7, 11) is 2.11. The highest BCUT2D eigenvalue weighted by molar-refractivity contribution is 6.35. The van der Waals surface area contributed by atoms with E-state index in [2.05, 4.69) is 140 Å². The normalized spacial score (nSPS) is 19.9. The summed E-state index contributed by atoms with van der Waals surface area (Å²) in [5.41, 5.74) is 8.62. The van der Waals surface area contributed by atoms with E-state index in [0.29, 0.717) is 95.2 Å². The highest BCUT2D eigenvalue weighted by Gasteiger charge is 2.37. The Bertz CT molecular complexity index is 4030. The minimum atomic E-state index is -0.680. The van der Waals surface area contributed by atoms with Crippen LogP contribution in [0.4, 0.5) is 31.8 Å². The van der Waals surface area contributed by atoms with E-state index in [0.717, 1.165) is 115 Å². The summed E-state index contributed by atoms with van der Waals surface area (Å²) in [4.78, 5) is 66.9. The van der Waals surface area contributed by atoms with Crippen LogP contribution in [0.5, 0.6) is 12.0 Å². The van der Waals surface area contributed by atoms with Gasteiger partial charge >= 0.3 is 12.0 Å². The van der Waals surface area contributed by atoms with Crippen molar-refractivity contribution in [1.82, 2.24) is 44.5 Å². The second-order valence-electron chi connectivity index (χ2n) is 25.4. The first-order valence-electron chi connectivity index (χ1n) is 32.7. The van der Waals surface area contributed by atoms with Crippen molar-refractivity contribution in [3.05, 3.63) is 161 Å². The van der Waals surface area contributed by atoms with Crippen LogP contribution >= 0.6 is 11.6 Å². The van der Waals surface area contributed by atoms with Crippen LogP contribution in [-0.2, 0) is 42.1 Å². The van der Waals surface area contributed by atoms with Crippen molar-refractivity contribution in [2.75, 3.05) is 105 Å². The van der Waals surface area contributed by atoms with Crippen LogP contribution in [0, 0.1) is 29.6 Å². The lowest BCUT2D eigenvalue weighted by atomic mass is 9.99. The third-order valence-electron chi connectivity index (χ3n) is 19.3. The minimum Gasteiger partial charge on any atom is -0.462 e. The van der Waals surface area contributed by atoms with E-state index in [-0.39, 0.29) is 49.6 Å². The molecule has 9 heterocycles. The Morgan fingerprint density at radius 3 is 1.67 bits per heavy atom. The van der Waals surface area contributed by atoms with E-state index in [1.807, 2.05) is 24.3 Å². The number of ether oxygens (including phenoxy) is 2. The number of carbonyl (C=O) groups excluding carboxylic acids is 2. The predicted molar refractivity (Wildman–Crippen MR) is 361 cm³/mol. The fourth-order valence-corrected chi connectivity index (χ4v) is 14.8. The zero-order valence-electron chi connectivity index (χ0n) is 53.6. The number of carbonyl (C=O) groups is 2. The molecule has 22 heteroatoms. The van der Waals surface area contributed by atoms with Crippen LogP contribution < -0.4 is 29.1 Å². The summed E-state index contributed by atoms with van der Waals surface area (Å²) < 4.78 is 39.9. The second-order valence-corrected chi connectivity index (χ2v) is 25.8. The van der Waals surface area contributed by atoms with Gasteiger partial charge in [-0.3, -0.25) is 14.5 Å². The molecular formula is C72H80ClF2N15O4.